The van der Waals surface area contributed by atoms with Gasteiger partial charge < -0.3 is 13.7 Å². The number of hydrogen-bond acceptors (Lipinski definition) is 1. The highest BCUT2D eigenvalue weighted by molar-refractivity contribution is 6.13. The minimum Gasteiger partial charge on any atom is -0.309 e. The fourth-order valence-electron chi connectivity index (χ4n) is 9.49. The smallest absolute Gasteiger partial charge is 0.140 e. The van der Waals surface area contributed by atoms with Crippen LogP contribution in [-0.2, 0) is 0 Å². The van der Waals surface area contributed by atoms with E-state index in [1.807, 2.05) is 97.1 Å². The minimum absolute atomic E-state index is 0.00739. The number of pyridine rings is 1. The van der Waals surface area contributed by atoms with Crippen molar-refractivity contribution < 1.29 is 26.0 Å². The van der Waals surface area contributed by atoms with E-state index in [9.17, 15) is 15.1 Å². The summed E-state index contributed by atoms with van der Waals surface area (Å²) in [6.45, 7) is 0. The third-order valence-electron chi connectivity index (χ3n) is 12.0. The van der Waals surface area contributed by atoms with E-state index >= 15 is 0 Å². The highest BCUT2D eigenvalue weighted by atomic mass is 15.1. The topological polar surface area (TPSA) is 32.6 Å². The van der Waals surface area contributed by atoms with Crippen molar-refractivity contribution in [2.75, 3.05) is 0 Å². The zero-order chi connectivity index (χ0) is 58.4. The number of benzene rings is 9. The number of rotatable bonds is 5. The molecule has 5 aromatic heterocycles. The molecule has 0 amide bonds. The van der Waals surface area contributed by atoms with Crippen LogP contribution in [-0.4, -0.2) is 23.3 Å². The van der Waals surface area contributed by atoms with Gasteiger partial charge in [-0.05, 0) is 66.6 Å². The largest absolute Gasteiger partial charge is 0.309 e. The number of nitrogens with zero attached hydrogens (tertiary/aromatic N) is 5. The molecule has 0 unspecified atom stereocenters. The Morgan fingerprint density at radius 1 is 0.312 bits per heavy atom. The molecule has 0 radical (unpaired) electrons. The molecule has 298 valence electrons. The predicted molar refractivity (Wildman–Crippen MR) is 267 cm³/mol. The lowest BCUT2D eigenvalue weighted by atomic mass is 10.0. The Balaban J connectivity index is 1.30. The molecule has 0 aliphatic heterocycles. The van der Waals surface area contributed by atoms with Gasteiger partial charge in [0.25, 0.3) is 0 Å². The molecular formula is C59H37N5. The highest BCUT2D eigenvalue weighted by Crippen LogP contribution is 2.44. The van der Waals surface area contributed by atoms with E-state index < -0.39 is 115 Å². The molecule has 14 aromatic rings. The number of para-hydroxylation sites is 8. The molecule has 64 heavy (non-hydrogen) atoms. The molecule has 5 heterocycles. The summed E-state index contributed by atoms with van der Waals surface area (Å²) in [6, 6.07) is 20.0. The molecule has 0 atom stereocenters. The van der Waals surface area contributed by atoms with Crippen molar-refractivity contribution in [1.29, 1.82) is 0 Å². The predicted octanol–water partition coefficient (Wildman–Crippen LogP) is 15.1. The summed E-state index contributed by atoms with van der Waals surface area (Å²) in [5.74, 6) is -0.349. The van der Waals surface area contributed by atoms with E-state index in [0.717, 1.165) is 26.1 Å². The summed E-state index contributed by atoms with van der Waals surface area (Å²) in [7, 11) is 0. The first-order chi connectivity index (χ1) is 39.7. The van der Waals surface area contributed by atoms with Crippen LogP contribution in [0.3, 0.4) is 0 Å². The van der Waals surface area contributed by atoms with Crippen molar-refractivity contribution in [3.63, 3.8) is 0 Å². The van der Waals surface area contributed by atoms with E-state index in [1.54, 1.807) is 9.13 Å². The van der Waals surface area contributed by atoms with Gasteiger partial charge in [0.1, 0.15) is 5.82 Å². The Morgan fingerprint density at radius 3 is 1.08 bits per heavy atom. The van der Waals surface area contributed by atoms with E-state index in [-0.39, 0.29) is 77.7 Å². The molecule has 0 aliphatic carbocycles. The first-order valence-electron chi connectivity index (χ1n) is 29.8. The van der Waals surface area contributed by atoms with Crippen LogP contribution >= 0.6 is 0 Å². The van der Waals surface area contributed by atoms with Crippen molar-refractivity contribution >= 4 is 87.2 Å². The van der Waals surface area contributed by atoms with Gasteiger partial charge >= 0.3 is 0 Å². The zero-order valence-electron chi connectivity index (χ0n) is 52.1. The minimum atomic E-state index is -0.737. The number of fused-ring (bicyclic) bond motifs is 12. The first-order valence-corrected chi connectivity index (χ1v) is 20.3. The quantitative estimate of drug-likeness (QED) is 0.170. The summed E-state index contributed by atoms with van der Waals surface area (Å²) in [5, 5.41) is 1.82. The highest BCUT2D eigenvalue weighted by Gasteiger charge is 2.25. The van der Waals surface area contributed by atoms with E-state index in [4.69, 9.17) is 16.0 Å². The van der Waals surface area contributed by atoms with Gasteiger partial charge in [0.2, 0.25) is 0 Å². The average molecular weight is 835 g/mol. The molecule has 0 aliphatic rings. The summed E-state index contributed by atoms with van der Waals surface area (Å²) < 4.78 is 183. The van der Waals surface area contributed by atoms with Crippen molar-refractivity contribution in [1.82, 2.24) is 23.3 Å². The molecular weight excluding hydrogens is 779 g/mol. The third-order valence-corrected chi connectivity index (χ3v) is 12.0. The van der Waals surface area contributed by atoms with Crippen LogP contribution in [0.15, 0.2) is 224 Å². The van der Waals surface area contributed by atoms with Gasteiger partial charge in [-0.25, -0.2) is 4.98 Å². The van der Waals surface area contributed by atoms with Gasteiger partial charge in [0.05, 0.1) is 92.9 Å². The lowest BCUT2D eigenvalue weighted by Crippen LogP contribution is -2.07. The molecule has 0 saturated carbocycles. The van der Waals surface area contributed by atoms with Gasteiger partial charge in [-0.3, -0.25) is 4.57 Å². The second-order valence-electron chi connectivity index (χ2n) is 15.3. The van der Waals surface area contributed by atoms with E-state index in [0.29, 0.717) is 22.1 Å². The van der Waals surface area contributed by atoms with Crippen LogP contribution < -0.4 is 0 Å². The first kappa shape index (κ1) is 21.4. The Morgan fingerprint density at radius 2 is 0.672 bits per heavy atom. The van der Waals surface area contributed by atoms with E-state index in [1.165, 1.54) is 16.7 Å². The SMILES string of the molecule is [2H]c1c([2H])c(-n2c3ccccc3c3ccccc32)c(-c2cc(-n3c4c([2H])c([2H])c([2H])c([2H])c4c4c([2H])c([2H])c([2H])c([2H])c43)cc(-n3c4c([2H])c([2H])c([2H])c([2H])c4c4c([2H])c([2H])c([2H])c([2H])c43)n2)c(-n2c3ccccc3c3ccccc32)c1[2H]. The van der Waals surface area contributed by atoms with Crippen molar-refractivity contribution in [3.8, 4) is 34.1 Å². The maximum absolute atomic E-state index is 10.2. The molecule has 0 bridgehead atoms. The van der Waals surface area contributed by atoms with Crippen molar-refractivity contribution in [2.45, 2.75) is 0 Å². The van der Waals surface area contributed by atoms with Crippen molar-refractivity contribution in [3.05, 3.63) is 224 Å². The second kappa shape index (κ2) is 13.4. The fraction of sp³-hybridized carbons (Fsp3) is 0. The Labute approximate surface area is 394 Å². The van der Waals surface area contributed by atoms with Crippen LogP contribution in [0.2, 0.25) is 0 Å². The molecule has 5 nitrogen and oxygen atoms in total. The number of aromatic nitrogens is 5. The van der Waals surface area contributed by atoms with Crippen LogP contribution in [0, 0.1) is 0 Å². The summed E-state index contributed by atoms with van der Waals surface area (Å²) >= 11 is 0. The van der Waals surface area contributed by atoms with Crippen LogP contribution in [0.4, 0.5) is 0 Å². The summed E-state index contributed by atoms with van der Waals surface area (Å²) in [4.78, 5) is 5.37. The van der Waals surface area contributed by atoms with E-state index in [2.05, 4.69) is 0 Å². The average Bonchev–Trinajstić information content (AvgIpc) is 2.30. The van der Waals surface area contributed by atoms with Gasteiger partial charge in [-0.2, -0.15) is 0 Å². The second-order valence-corrected chi connectivity index (χ2v) is 15.3. The van der Waals surface area contributed by atoms with Gasteiger partial charge in [-0.1, -0.05) is 151 Å². The molecule has 0 saturated heterocycles. The van der Waals surface area contributed by atoms with Crippen molar-refractivity contribution in [2.24, 2.45) is 0 Å². The van der Waals surface area contributed by atoms with Gasteiger partial charge in [0.15, 0.2) is 0 Å². The lowest BCUT2D eigenvalue weighted by molar-refractivity contribution is 1.05. The van der Waals surface area contributed by atoms with Gasteiger partial charge in [0, 0.05) is 54.7 Å². The molecule has 14 rings (SSSR count). The molecule has 9 aromatic carbocycles. The Bertz CT molecular complexity index is 4760. The van der Waals surface area contributed by atoms with Crippen LogP contribution in [0.25, 0.3) is 121 Å². The monoisotopic (exact) mass is 834 g/mol. The molecule has 0 N–H and O–H groups in total. The normalized spacial score (nSPS) is 16.2. The number of hydrogen-bond donors (Lipinski definition) is 0. The molecule has 0 spiro atoms. The van der Waals surface area contributed by atoms with Crippen LogP contribution in [0.1, 0.15) is 26.0 Å². The maximum Gasteiger partial charge on any atom is 0.140 e. The fourth-order valence-corrected chi connectivity index (χ4v) is 9.49. The maximum atomic E-state index is 10.2. The standard InChI is InChI=1S/C59H37N5/c1-9-26-48-39(18-1)40-19-2-10-27-49(40)61(48)38-36-47(60-58(37-38)64-54-32-15-7-24-45(54)46-25-8-16-33-55(46)64)59-56(62-50-28-11-3-20-41(50)42-21-4-12-29-51(42)62)34-17-35-57(59)63-52-30-13-5-22-43(52)44-23-6-14-31-53(44)63/h1-37H/i1D,2D,7D,8D,9D,10D,15D,16D,17D,18D,19D,24D,25D,26D,27D,32D,33D,34D,35D. The third kappa shape index (κ3) is 4.86. The van der Waals surface area contributed by atoms with Crippen LogP contribution in [0.5, 0.6) is 0 Å². The zero-order valence-corrected chi connectivity index (χ0v) is 33.1. The Hall–Kier alpha value is -8.67. The molecule has 0 fully saturated rings. The van der Waals surface area contributed by atoms with Gasteiger partial charge in [-0.15, -0.1) is 0 Å². The molecule has 5 heteroatoms. The Kier molecular flexibility index (Phi) is 4.49. The lowest BCUT2D eigenvalue weighted by Gasteiger charge is -2.21. The summed E-state index contributed by atoms with van der Waals surface area (Å²) in [6.07, 6.45) is 0. The summed E-state index contributed by atoms with van der Waals surface area (Å²) in [5.41, 5.74) is 0.579.